The van der Waals surface area contributed by atoms with Gasteiger partial charge in [-0.1, -0.05) is 0 Å². The van der Waals surface area contributed by atoms with E-state index in [2.05, 4.69) is 0 Å². The molecule has 0 bridgehead atoms. The number of carbonyl (C=O) groups is 1. The maximum Gasteiger partial charge on any atom is 0.233 e. The summed E-state index contributed by atoms with van der Waals surface area (Å²) < 4.78 is 6.32. The highest BCUT2D eigenvalue weighted by atomic mass is 16.5. The molecule has 1 aromatic carbocycles. The van der Waals surface area contributed by atoms with Crippen LogP contribution in [0, 0.1) is 0 Å². The molecule has 0 radical (unpaired) electrons. The van der Waals surface area contributed by atoms with Gasteiger partial charge in [0, 0.05) is 15.7 Å². The first-order chi connectivity index (χ1) is 8.20. The highest BCUT2D eigenvalue weighted by Gasteiger charge is 2.17. The fourth-order valence-corrected chi connectivity index (χ4v) is 1.93. The highest BCUT2D eigenvalue weighted by molar-refractivity contribution is 6.13. The number of rotatable bonds is 1. The Hall–Kier alpha value is -2.56. The van der Waals surface area contributed by atoms with Gasteiger partial charge < -0.3 is 9.52 Å². The normalized spacial score (nSPS) is 11.1. The first kappa shape index (κ1) is 9.65. The van der Waals surface area contributed by atoms with Crippen molar-refractivity contribution >= 4 is 28.2 Å². The molecule has 2 heterocycles. The van der Waals surface area contributed by atoms with E-state index in [4.69, 9.17) is 4.42 Å². The standard InChI is InChI=1S/C12H7NO4/c14-6-7-1-2-9(15)12-11(7)8-5-13(16)4-3-10(8)17-12/h1-6H,(H-,14,15,16)/p+1. The Kier molecular flexibility index (Phi) is 1.82. The van der Waals surface area contributed by atoms with Crippen molar-refractivity contribution < 1.29 is 24.3 Å². The summed E-state index contributed by atoms with van der Waals surface area (Å²) in [7, 11) is 0. The Morgan fingerprint density at radius 2 is 2.12 bits per heavy atom. The van der Waals surface area contributed by atoms with Gasteiger partial charge >= 0.3 is 0 Å². The molecular weight excluding hydrogens is 222 g/mol. The Bertz CT molecular complexity index is 745. The number of benzene rings is 1. The van der Waals surface area contributed by atoms with Gasteiger partial charge in [-0.2, -0.15) is 0 Å². The quantitative estimate of drug-likeness (QED) is 0.378. The molecule has 0 saturated carbocycles. The summed E-state index contributed by atoms with van der Waals surface area (Å²) in [6, 6.07) is 4.47. The first-order valence-electron chi connectivity index (χ1n) is 4.94. The lowest BCUT2D eigenvalue weighted by atomic mass is 10.1. The zero-order chi connectivity index (χ0) is 12.0. The third-order valence-electron chi connectivity index (χ3n) is 2.68. The summed E-state index contributed by atoms with van der Waals surface area (Å²) in [4.78, 5) is 11.0. The lowest BCUT2D eigenvalue weighted by molar-refractivity contribution is -0.903. The van der Waals surface area contributed by atoms with Crippen molar-refractivity contribution in [3.8, 4) is 5.75 Å². The van der Waals surface area contributed by atoms with Crippen LogP contribution in [0.2, 0.25) is 0 Å². The number of aromatic hydroxyl groups is 1. The molecule has 0 atom stereocenters. The predicted octanol–water partition coefficient (Wildman–Crippen LogP) is 1.63. The molecule has 0 spiro atoms. The second kappa shape index (κ2) is 3.21. The van der Waals surface area contributed by atoms with Gasteiger partial charge in [0.05, 0.1) is 11.5 Å². The van der Waals surface area contributed by atoms with Gasteiger partial charge in [0.25, 0.3) is 0 Å². The van der Waals surface area contributed by atoms with Crippen molar-refractivity contribution in [2.75, 3.05) is 0 Å². The summed E-state index contributed by atoms with van der Waals surface area (Å²) in [6.07, 6.45) is 3.52. The van der Waals surface area contributed by atoms with Crippen LogP contribution in [0.4, 0.5) is 0 Å². The number of furan rings is 1. The lowest BCUT2D eigenvalue weighted by Crippen LogP contribution is -2.27. The molecule has 2 N–H and O–H groups in total. The molecule has 0 fully saturated rings. The first-order valence-corrected chi connectivity index (χ1v) is 4.94. The maximum absolute atomic E-state index is 11.0. The van der Waals surface area contributed by atoms with Gasteiger partial charge in [-0.05, 0) is 12.1 Å². The average Bonchev–Trinajstić information content (AvgIpc) is 2.70. The SMILES string of the molecule is O=Cc1ccc(O)c2oc3cc[n+](O)cc3c12. The van der Waals surface area contributed by atoms with E-state index in [1.807, 2.05) is 0 Å². The number of fused-ring (bicyclic) bond motifs is 3. The molecule has 0 aliphatic rings. The molecule has 17 heavy (non-hydrogen) atoms. The second-order valence-corrected chi connectivity index (χ2v) is 3.70. The predicted molar refractivity (Wildman–Crippen MR) is 58.2 cm³/mol. The van der Waals surface area contributed by atoms with Crippen LogP contribution in [0.5, 0.6) is 5.75 Å². The van der Waals surface area contributed by atoms with Crippen molar-refractivity contribution in [1.29, 1.82) is 0 Å². The molecule has 0 aliphatic heterocycles. The lowest BCUT2D eigenvalue weighted by Gasteiger charge is -1.95. The minimum absolute atomic E-state index is 0.0358. The number of phenols is 1. The molecular formula is C12H8NO4+. The summed E-state index contributed by atoms with van der Waals surface area (Å²) in [6.45, 7) is 0. The van der Waals surface area contributed by atoms with Gasteiger partial charge in [0.1, 0.15) is 5.58 Å². The van der Waals surface area contributed by atoms with Crippen LogP contribution in [0.25, 0.3) is 21.9 Å². The number of phenolic OH excluding ortho intramolecular Hbond substituents is 1. The molecule has 84 valence electrons. The molecule has 0 unspecified atom stereocenters. The van der Waals surface area contributed by atoms with E-state index in [9.17, 15) is 15.1 Å². The Morgan fingerprint density at radius 1 is 1.29 bits per heavy atom. The zero-order valence-corrected chi connectivity index (χ0v) is 8.62. The Balaban J connectivity index is 2.61. The minimum Gasteiger partial charge on any atom is -0.504 e. The molecule has 2 aromatic heterocycles. The van der Waals surface area contributed by atoms with Gasteiger partial charge in [-0.3, -0.25) is 10.0 Å². The van der Waals surface area contributed by atoms with Crippen molar-refractivity contribution in [1.82, 2.24) is 0 Å². The topological polar surface area (TPSA) is 74.5 Å². The van der Waals surface area contributed by atoms with Crippen LogP contribution < -0.4 is 4.73 Å². The number of hydrogen-bond acceptors (Lipinski definition) is 4. The van der Waals surface area contributed by atoms with E-state index >= 15 is 0 Å². The fourth-order valence-electron chi connectivity index (χ4n) is 1.93. The molecule has 3 aromatic rings. The average molecular weight is 230 g/mol. The van der Waals surface area contributed by atoms with Crippen molar-refractivity contribution in [2.24, 2.45) is 0 Å². The number of hydrogen-bond donors (Lipinski definition) is 2. The van der Waals surface area contributed by atoms with Crippen LogP contribution in [-0.2, 0) is 0 Å². The number of carbonyl (C=O) groups excluding carboxylic acids is 1. The van der Waals surface area contributed by atoms with Crippen molar-refractivity contribution in [2.45, 2.75) is 0 Å². The van der Waals surface area contributed by atoms with E-state index in [1.165, 1.54) is 24.5 Å². The maximum atomic E-state index is 11.0. The largest absolute Gasteiger partial charge is 0.504 e. The highest BCUT2D eigenvalue weighted by Crippen LogP contribution is 2.35. The minimum atomic E-state index is -0.0358. The Morgan fingerprint density at radius 3 is 2.88 bits per heavy atom. The second-order valence-electron chi connectivity index (χ2n) is 3.70. The monoisotopic (exact) mass is 230 g/mol. The van der Waals surface area contributed by atoms with Crippen LogP contribution in [0.1, 0.15) is 10.4 Å². The number of pyridine rings is 1. The Labute approximate surface area is 95.1 Å². The zero-order valence-electron chi connectivity index (χ0n) is 8.62. The summed E-state index contributed by atoms with van der Waals surface area (Å²) in [5.41, 5.74) is 1.15. The van der Waals surface area contributed by atoms with E-state index in [1.54, 1.807) is 6.07 Å². The van der Waals surface area contributed by atoms with Crippen LogP contribution >= 0.6 is 0 Å². The fraction of sp³-hybridized carbons (Fsp3) is 0. The van der Waals surface area contributed by atoms with Crippen LogP contribution in [0.3, 0.4) is 0 Å². The van der Waals surface area contributed by atoms with Crippen LogP contribution in [-0.4, -0.2) is 16.6 Å². The smallest absolute Gasteiger partial charge is 0.233 e. The number of nitrogens with zero attached hydrogens (tertiary/aromatic N) is 1. The van der Waals surface area contributed by atoms with Crippen molar-refractivity contribution in [3.63, 3.8) is 0 Å². The third-order valence-corrected chi connectivity index (χ3v) is 2.68. The third kappa shape index (κ3) is 1.25. The summed E-state index contributed by atoms with van der Waals surface area (Å²) in [5, 5.41) is 20.1. The molecule has 0 saturated heterocycles. The summed E-state index contributed by atoms with van der Waals surface area (Å²) in [5.74, 6) is -0.0358. The van der Waals surface area contributed by atoms with Gasteiger partial charge in [0.2, 0.25) is 12.4 Å². The van der Waals surface area contributed by atoms with Gasteiger partial charge in [-0.15, -0.1) is 0 Å². The van der Waals surface area contributed by atoms with E-state index in [-0.39, 0.29) is 11.3 Å². The van der Waals surface area contributed by atoms with Gasteiger partial charge in [0.15, 0.2) is 17.6 Å². The number of aldehydes is 1. The van der Waals surface area contributed by atoms with Crippen LogP contribution in [0.15, 0.2) is 35.0 Å². The van der Waals surface area contributed by atoms with Gasteiger partial charge in [-0.25, -0.2) is 0 Å². The molecule has 5 nitrogen and oxygen atoms in total. The van der Waals surface area contributed by atoms with E-state index < -0.39 is 0 Å². The molecule has 3 rings (SSSR count). The molecule has 0 aliphatic carbocycles. The van der Waals surface area contributed by atoms with Crippen molar-refractivity contribution in [3.05, 3.63) is 36.2 Å². The summed E-state index contributed by atoms with van der Waals surface area (Å²) >= 11 is 0. The van der Waals surface area contributed by atoms with E-state index in [0.717, 1.165) is 4.73 Å². The molecule has 0 amide bonds. The molecule has 5 heteroatoms. The van der Waals surface area contributed by atoms with E-state index in [0.29, 0.717) is 28.2 Å². The number of aromatic nitrogens is 1.